The van der Waals surface area contributed by atoms with Crippen molar-refractivity contribution in [2.24, 2.45) is 5.92 Å². The third-order valence-electron chi connectivity index (χ3n) is 4.53. The van der Waals surface area contributed by atoms with Crippen molar-refractivity contribution in [3.63, 3.8) is 0 Å². The number of benzene rings is 1. The van der Waals surface area contributed by atoms with Gasteiger partial charge in [0.25, 0.3) is 0 Å². The van der Waals surface area contributed by atoms with Crippen molar-refractivity contribution in [3.05, 3.63) is 35.9 Å². The molecule has 1 heterocycles. The Morgan fingerprint density at radius 1 is 1.22 bits per heavy atom. The molecular formula is C18H20F3NO4S. The Morgan fingerprint density at radius 3 is 2.48 bits per heavy atom. The summed E-state index contributed by atoms with van der Waals surface area (Å²) in [4.78, 5) is 11.9. The highest BCUT2D eigenvalue weighted by Gasteiger charge is 2.32. The van der Waals surface area contributed by atoms with E-state index in [-0.39, 0.29) is 17.2 Å². The zero-order valence-electron chi connectivity index (χ0n) is 14.5. The fourth-order valence-electron chi connectivity index (χ4n) is 3.05. The molecule has 0 unspecified atom stereocenters. The predicted octanol–water partition coefficient (Wildman–Crippen LogP) is 3.67. The summed E-state index contributed by atoms with van der Waals surface area (Å²) >= 11 is 0. The van der Waals surface area contributed by atoms with E-state index >= 15 is 0 Å². The van der Waals surface area contributed by atoms with Gasteiger partial charge < -0.3 is 4.74 Å². The van der Waals surface area contributed by atoms with Crippen LogP contribution in [0.25, 0.3) is 0 Å². The Labute approximate surface area is 155 Å². The summed E-state index contributed by atoms with van der Waals surface area (Å²) in [5.41, 5.74) is 0.771. The van der Waals surface area contributed by atoms with Crippen molar-refractivity contribution in [1.29, 1.82) is 0 Å². The Kier molecular flexibility index (Phi) is 5.62. The van der Waals surface area contributed by atoms with Gasteiger partial charge in [-0.2, -0.15) is 4.31 Å². The molecule has 148 valence electrons. The lowest BCUT2D eigenvalue weighted by Crippen LogP contribution is -2.37. The summed E-state index contributed by atoms with van der Waals surface area (Å²) in [6.07, 6.45) is 0.641. The Morgan fingerprint density at radius 2 is 1.89 bits per heavy atom. The number of halogens is 3. The van der Waals surface area contributed by atoms with E-state index in [2.05, 4.69) is 4.74 Å². The maximum absolute atomic E-state index is 12.8. The number of carbonyl (C=O) groups is 1. The fraction of sp³-hybridized carbons (Fsp3) is 0.500. The van der Waals surface area contributed by atoms with Crippen LogP contribution in [0.5, 0.6) is 5.75 Å². The lowest BCUT2D eigenvalue weighted by atomic mass is 10.0. The van der Waals surface area contributed by atoms with Crippen molar-refractivity contribution < 1.29 is 31.1 Å². The van der Waals surface area contributed by atoms with Crippen LogP contribution in [-0.4, -0.2) is 38.0 Å². The van der Waals surface area contributed by atoms with Crippen LogP contribution in [0.4, 0.5) is 13.2 Å². The van der Waals surface area contributed by atoms with Crippen LogP contribution in [0, 0.1) is 5.92 Å². The van der Waals surface area contributed by atoms with Crippen molar-refractivity contribution in [2.45, 2.75) is 43.4 Å². The van der Waals surface area contributed by atoms with E-state index in [1.165, 1.54) is 4.31 Å². The summed E-state index contributed by atoms with van der Waals surface area (Å²) in [6, 6.07) is 4.12. The number of nitrogens with zero attached hydrogens (tertiary/aromatic N) is 1. The van der Waals surface area contributed by atoms with E-state index in [0.717, 1.165) is 42.7 Å². The number of allylic oxidation sites excluding steroid dienone is 1. The third-order valence-corrected chi connectivity index (χ3v) is 6.39. The van der Waals surface area contributed by atoms with E-state index in [1.54, 1.807) is 6.08 Å². The van der Waals surface area contributed by atoms with Gasteiger partial charge in [-0.15, -0.1) is 13.2 Å². The molecule has 0 atom stereocenters. The summed E-state index contributed by atoms with van der Waals surface area (Å²) in [5, 5.41) is 0. The number of hydrogen-bond acceptors (Lipinski definition) is 4. The number of hydrogen-bond donors (Lipinski definition) is 0. The van der Waals surface area contributed by atoms with Gasteiger partial charge in [-0.3, -0.25) is 4.79 Å². The van der Waals surface area contributed by atoms with Gasteiger partial charge in [-0.1, -0.05) is 5.57 Å². The molecule has 9 heteroatoms. The van der Waals surface area contributed by atoms with E-state index < -0.39 is 22.1 Å². The third kappa shape index (κ3) is 5.55. The minimum atomic E-state index is -4.83. The van der Waals surface area contributed by atoms with Crippen LogP contribution in [0.1, 0.15) is 32.1 Å². The molecule has 2 fully saturated rings. The Balaban J connectivity index is 1.69. The smallest absolute Gasteiger partial charge is 0.406 e. The molecule has 1 aliphatic carbocycles. The second kappa shape index (κ2) is 7.63. The minimum Gasteiger partial charge on any atom is -0.406 e. The first-order valence-electron chi connectivity index (χ1n) is 8.72. The van der Waals surface area contributed by atoms with Gasteiger partial charge >= 0.3 is 6.36 Å². The maximum Gasteiger partial charge on any atom is 0.573 e. The molecule has 0 bridgehead atoms. The number of alkyl halides is 3. The lowest BCUT2D eigenvalue weighted by Gasteiger charge is -2.28. The van der Waals surface area contributed by atoms with Crippen LogP contribution >= 0.6 is 0 Å². The van der Waals surface area contributed by atoms with Crippen molar-refractivity contribution in [1.82, 2.24) is 4.31 Å². The second-order valence-electron chi connectivity index (χ2n) is 6.88. The summed E-state index contributed by atoms with van der Waals surface area (Å²) in [7, 11) is -3.86. The molecule has 2 aliphatic rings. The number of piperidine rings is 1. The lowest BCUT2D eigenvalue weighted by molar-refractivity contribution is -0.274. The van der Waals surface area contributed by atoms with Gasteiger partial charge in [0.2, 0.25) is 10.0 Å². The van der Waals surface area contributed by atoms with Crippen LogP contribution in [0.15, 0.2) is 40.8 Å². The number of ether oxygens (including phenoxy) is 1. The quantitative estimate of drug-likeness (QED) is 0.680. The molecular weight excluding hydrogens is 383 g/mol. The minimum absolute atomic E-state index is 0.0281. The van der Waals surface area contributed by atoms with Gasteiger partial charge in [0.1, 0.15) is 5.75 Å². The molecule has 0 amide bonds. The summed E-state index contributed by atoms with van der Waals surface area (Å²) in [6.45, 7) is 0.427. The molecule has 1 saturated heterocycles. The zero-order valence-corrected chi connectivity index (χ0v) is 15.4. The van der Waals surface area contributed by atoms with Crippen LogP contribution < -0.4 is 4.74 Å². The molecule has 5 nitrogen and oxygen atoms in total. The summed E-state index contributed by atoms with van der Waals surface area (Å²) < 4.78 is 67.2. The number of rotatable bonds is 6. The first kappa shape index (κ1) is 19.9. The standard InChI is InChI=1S/C18H20F3NO4S/c19-18(20,21)26-16-5-7-17(8-6-16)27(24,25)22-9-1-2-14(12-22)11-15(23)10-13-3-4-13/h5-8,11,13H,1-4,9-10,12H2/b14-11-. The van der Waals surface area contributed by atoms with E-state index in [4.69, 9.17) is 0 Å². The van der Waals surface area contributed by atoms with Crippen LogP contribution in [-0.2, 0) is 14.8 Å². The Bertz CT molecular complexity index is 827. The second-order valence-corrected chi connectivity index (χ2v) is 8.82. The van der Waals surface area contributed by atoms with E-state index in [9.17, 15) is 26.4 Å². The topological polar surface area (TPSA) is 63.7 Å². The molecule has 1 aromatic carbocycles. The normalized spacial score (nSPS) is 20.6. The highest BCUT2D eigenvalue weighted by atomic mass is 32.2. The van der Waals surface area contributed by atoms with Crippen LogP contribution in [0.2, 0.25) is 0 Å². The zero-order chi connectivity index (χ0) is 19.7. The largest absolute Gasteiger partial charge is 0.573 e. The molecule has 3 rings (SSSR count). The molecule has 0 N–H and O–H groups in total. The molecule has 1 saturated carbocycles. The molecule has 1 aliphatic heterocycles. The van der Waals surface area contributed by atoms with Crippen molar-refractivity contribution in [3.8, 4) is 5.75 Å². The predicted molar refractivity (Wildman–Crippen MR) is 91.5 cm³/mol. The van der Waals surface area contributed by atoms with Gasteiger partial charge in [0, 0.05) is 19.5 Å². The van der Waals surface area contributed by atoms with Gasteiger partial charge in [0.15, 0.2) is 5.78 Å². The van der Waals surface area contributed by atoms with Crippen LogP contribution in [0.3, 0.4) is 0 Å². The molecule has 27 heavy (non-hydrogen) atoms. The van der Waals surface area contributed by atoms with Crippen molar-refractivity contribution >= 4 is 15.8 Å². The highest BCUT2D eigenvalue weighted by Crippen LogP contribution is 2.33. The molecule has 0 spiro atoms. The fourth-order valence-corrected chi connectivity index (χ4v) is 4.53. The Hall–Kier alpha value is -1.87. The van der Waals surface area contributed by atoms with Gasteiger partial charge in [-0.05, 0) is 61.9 Å². The average Bonchev–Trinajstić information content (AvgIpc) is 3.38. The number of ketones is 1. The molecule has 1 aromatic rings. The average molecular weight is 403 g/mol. The monoisotopic (exact) mass is 403 g/mol. The van der Waals surface area contributed by atoms with E-state index in [1.807, 2.05) is 0 Å². The molecule has 0 aromatic heterocycles. The first-order valence-corrected chi connectivity index (χ1v) is 10.2. The maximum atomic E-state index is 12.8. The first-order chi connectivity index (χ1) is 12.6. The van der Waals surface area contributed by atoms with Gasteiger partial charge in [-0.25, -0.2) is 8.42 Å². The van der Waals surface area contributed by atoms with Gasteiger partial charge in [0.05, 0.1) is 4.90 Å². The number of sulfonamides is 1. The SMILES string of the molecule is O=C(/C=C1/CCCN(S(=O)(=O)c2ccc(OC(F)(F)F)cc2)C1)CC1CC1. The highest BCUT2D eigenvalue weighted by molar-refractivity contribution is 7.89. The molecule has 0 radical (unpaired) electrons. The van der Waals surface area contributed by atoms with Crippen molar-refractivity contribution in [2.75, 3.05) is 13.1 Å². The number of carbonyl (C=O) groups excluding carboxylic acids is 1. The summed E-state index contributed by atoms with van der Waals surface area (Å²) in [5.74, 6) is 0.0157. The van der Waals surface area contributed by atoms with E-state index in [0.29, 0.717) is 31.7 Å².